The van der Waals surface area contributed by atoms with Gasteiger partial charge in [0.25, 0.3) is 0 Å². The molecule has 2 aromatic heterocycles. The molecule has 0 fully saturated rings. The van der Waals surface area contributed by atoms with Crippen molar-refractivity contribution in [2.24, 2.45) is 0 Å². The zero-order chi connectivity index (χ0) is 11.7. The number of carboxylic acids is 1. The number of carbonyl (C=O) groups is 1. The highest BCUT2D eigenvalue weighted by molar-refractivity contribution is 5.70. The Hall–Kier alpha value is -2.04. The first-order chi connectivity index (χ1) is 7.59. The lowest BCUT2D eigenvalue weighted by Gasteiger charge is -2.15. The van der Waals surface area contributed by atoms with Crippen LogP contribution in [0.15, 0.2) is 24.4 Å². The number of aromatic nitrogens is 2. The largest absolute Gasteiger partial charge is 0.481 e. The molecule has 84 valence electrons. The summed E-state index contributed by atoms with van der Waals surface area (Å²) in [6, 6.07) is 5.77. The Bertz CT molecular complexity index is 531. The van der Waals surface area contributed by atoms with E-state index in [2.05, 4.69) is 4.98 Å². The fourth-order valence-corrected chi connectivity index (χ4v) is 1.70. The highest BCUT2D eigenvalue weighted by Crippen LogP contribution is 2.17. The van der Waals surface area contributed by atoms with Crippen LogP contribution in [0.1, 0.15) is 5.82 Å². The van der Waals surface area contributed by atoms with Crippen LogP contribution in [0.3, 0.4) is 0 Å². The molecule has 0 saturated carbocycles. The molecular formula is C11H13N3O2. The van der Waals surface area contributed by atoms with E-state index in [0.717, 1.165) is 11.3 Å². The zero-order valence-electron chi connectivity index (χ0n) is 9.21. The summed E-state index contributed by atoms with van der Waals surface area (Å²) in [6.07, 6.45) is 1.62. The molecule has 0 saturated heterocycles. The van der Waals surface area contributed by atoms with E-state index in [1.165, 1.54) is 0 Å². The molecule has 5 heteroatoms. The van der Waals surface area contributed by atoms with E-state index in [1.54, 1.807) is 6.20 Å². The van der Waals surface area contributed by atoms with Crippen molar-refractivity contribution in [3.05, 3.63) is 30.2 Å². The molecule has 0 radical (unpaired) electrons. The zero-order valence-corrected chi connectivity index (χ0v) is 9.21. The van der Waals surface area contributed by atoms with E-state index in [1.807, 2.05) is 41.6 Å². The standard InChI is InChI=1S/C11H13N3O2/c1-13(2)10-5-3-4-8-7-12-9(14(8)10)6-11(15)16/h3-5,7H,6H2,1-2H3,(H,15,16). The number of aliphatic carboxylic acids is 1. The average molecular weight is 219 g/mol. The molecular weight excluding hydrogens is 206 g/mol. The van der Waals surface area contributed by atoms with Crippen LogP contribution in [0.5, 0.6) is 0 Å². The summed E-state index contributed by atoms with van der Waals surface area (Å²) in [5, 5.41) is 8.81. The molecule has 0 atom stereocenters. The number of pyridine rings is 1. The summed E-state index contributed by atoms with van der Waals surface area (Å²) in [5.74, 6) is 0.596. The van der Waals surface area contributed by atoms with Crippen LogP contribution in [-0.2, 0) is 11.2 Å². The van der Waals surface area contributed by atoms with Crippen LogP contribution in [0.2, 0.25) is 0 Å². The molecule has 0 amide bonds. The van der Waals surface area contributed by atoms with Gasteiger partial charge in [-0.3, -0.25) is 9.20 Å². The van der Waals surface area contributed by atoms with Gasteiger partial charge >= 0.3 is 5.97 Å². The monoisotopic (exact) mass is 219 g/mol. The lowest BCUT2D eigenvalue weighted by atomic mass is 10.3. The summed E-state index contributed by atoms with van der Waals surface area (Å²) >= 11 is 0. The van der Waals surface area contributed by atoms with Crippen molar-refractivity contribution >= 4 is 17.3 Å². The van der Waals surface area contributed by atoms with Gasteiger partial charge in [-0.1, -0.05) is 6.07 Å². The third kappa shape index (κ3) is 1.71. The summed E-state index contributed by atoms with van der Waals surface area (Å²) in [7, 11) is 3.83. The van der Waals surface area contributed by atoms with Gasteiger partial charge in [-0.05, 0) is 12.1 Å². The van der Waals surface area contributed by atoms with Crippen molar-refractivity contribution in [1.82, 2.24) is 9.38 Å². The van der Waals surface area contributed by atoms with Gasteiger partial charge in [0.1, 0.15) is 18.1 Å². The molecule has 1 N–H and O–H groups in total. The van der Waals surface area contributed by atoms with Crippen LogP contribution in [0, 0.1) is 0 Å². The van der Waals surface area contributed by atoms with E-state index in [-0.39, 0.29) is 6.42 Å². The Morgan fingerprint density at radius 1 is 1.50 bits per heavy atom. The number of anilines is 1. The molecule has 5 nitrogen and oxygen atoms in total. The molecule has 0 spiro atoms. The van der Waals surface area contributed by atoms with Crippen LogP contribution < -0.4 is 4.90 Å². The fraction of sp³-hybridized carbons (Fsp3) is 0.273. The first kappa shape index (κ1) is 10.5. The van der Waals surface area contributed by atoms with Gasteiger partial charge in [-0.25, -0.2) is 4.98 Å². The maximum absolute atomic E-state index is 10.7. The molecule has 0 aliphatic carbocycles. The van der Waals surface area contributed by atoms with E-state index in [0.29, 0.717) is 5.82 Å². The topological polar surface area (TPSA) is 57.8 Å². The summed E-state index contributed by atoms with van der Waals surface area (Å²) in [5.41, 5.74) is 0.905. The van der Waals surface area contributed by atoms with Crippen molar-refractivity contribution in [3.63, 3.8) is 0 Å². The van der Waals surface area contributed by atoms with Crippen molar-refractivity contribution in [2.75, 3.05) is 19.0 Å². The van der Waals surface area contributed by atoms with Crippen LogP contribution in [0.4, 0.5) is 5.82 Å². The van der Waals surface area contributed by atoms with Crippen LogP contribution >= 0.6 is 0 Å². The Morgan fingerprint density at radius 3 is 2.88 bits per heavy atom. The normalized spacial score (nSPS) is 10.6. The Morgan fingerprint density at radius 2 is 2.25 bits per heavy atom. The third-order valence-electron chi connectivity index (χ3n) is 2.37. The fourth-order valence-electron chi connectivity index (χ4n) is 1.70. The third-order valence-corrected chi connectivity index (χ3v) is 2.37. The van der Waals surface area contributed by atoms with Crippen molar-refractivity contribution in [1.29, 1.82) is 0 Å². The number of rotatable bonds is 3. The van der Waals surface area contributed by atoms with Crippen molar-refractivity contribution < 1.29 is 9.90 Å². The number of imidazole rings is 1. The second-order valence-electron chi connectivity index (χ2n) is 3.78. The molecule has 2 aromatic rings. The second-order valence-corrected chi connectivity index (χ2v) is 3.78. The lowest BCUT2D eigenvalue weighted by molar-refractivity contribution is -0.136. The summed E-state index contributed by atoms with van der Waals surface area (Å²) < 4.78 is 1.86. The van der Waals surface area contributed by atoms with Gasteiger partial charge < -0.3 is 10.0 Å². The minimum absolute atomic E-state index is 0.0704. The molecule has 16 heavy (non-hydrogen) atoms. The molecule has 0 aliphatic heterocycles. The van der Waals surface area contributed by atoms with Crippen LogP contribution in [-0.4, -0.2) is 34.6 Å². The van der Waals surface area contributed by atoms with E-state index >= 15 is 0 Å². The van der Waals surface area contributed by atoms with Gasteiger partial charge in [0, 0.05) is 14.1 Å². The average Bonchev–Trinajstić information content (AvgIpc) is 2.60. The smallest absolute Gasteiger partial charge is 0.311 e. The second kappa shape index (κ2) is 3.84. The van der Waals surface area contributed by atoms with Gasteiger partial charge in [0.15, 0.2) is 0 Å². The van der Waals surface area contributed by atoms with Gasteiger partial charge in [-0.15, -0.1) is 0 Å². The highest BCUT2D eigenvalue weighted by Gasteiger charge is 2.11. The maximum atomic E-state index is 10.7. The Balaban J connectivity index is 2.63. The Labute approximate surface area is 92.9 Å². The molecule has 0 bridgehead atoms. The van der Waals surface area contributed by atoms with E-state index < -0.39 is 5.97 Å². The molecule has 0 unspecified atom stereocenters. The van der Waals surface area contributed by atoms with E-state index in [4.69, 9.17) is 5.11 Å². The molecule has 0 aliphatic rings. The Kier molecular flexibility index (Phi) is 2.52. The highest BCUT2D eigenvalue weighted by atomic mass is 16.4. The van der Waals surface area contributed by atoms with Crippen LogP contribution in [0.25, 0.3) is 5.52 Å². The SMILES string of the molecule is CN(C)c1cccc2cnc(CC(=O)O)n12. The minimum atomic E-state index is -0.874. The predicted molar refractivity (Wildman–Crippen MR) is 60.9 cm³/mol. The number of carboxylic acid groups (broad SMARTS) is 1. The molecule has 2 heterocycles. The number of nitrogens with zero attached hydrogens (tertiary/aromatic N) is 3. The van der Waals surface area contributed by atoms with Gasteiger partial charge in [-0.2, -0.15) is 0 Å². The molecule has 0 aromatic carbocycles. The summed E-state index contributed by atoms with van der Waals surface area (Å²) in [6.45, 7) is 0. The lowest BCUT2D eigenvalue weighted by Crippen LogP contribution is -2.15. The van der Waals surface area contributed by atoms with E-state index in [9.17, 15) is 4.79 Å². The number of hydrogen-bond acceptors (Lipinski definition) is 3. The first-order valence-corrected chi connectivity index (χ1v) is 4.94. The minimum Gasteiger partial charge on any atom is -0.481 e. The predicted octanol–water partition coefficient (Wildman–Crippen LogP) is 1.03. The first-order valence-electron chi connectivity index (χ1n) is 4.94. The number of hydrogen-bond donors (Lipinski definition) is 1. The number of fused-ring (bicyclic) bond motifs is 1. The van der Waals surface area contributed by atoms with Crippen molar-refractivity contribution in [3.8, 4) is 0 Å². The van der Waals surface area contributed by atoms with Crippen molar-refractivity contribution in [2.45, 2.75) is 6.42 Å². The maximum Gasteiger partial charge on any atom is 0.311 e. The summed E-state index contributed by atoms with van der Waals surface area (Å²) in [4.78, 5) is 16.8. The van der Waals surface area contributed by atoms with Gasteiger partial charge in [0.2, 0.25) is 0 Å². The quantitative estimate of drug-likeness (QED) is 0.837. The van der Waals surface area contributed by atoms with Gasteiger partial charge in [0.05, 0.1) is 11.7 Å². The molecule has 2 rings (SSSR count).